The molecule has 0 nitrogen and oxygen atoms in total. The molecule has 1 aliphatic heterocycles. The van der Waals surface area contributed by atoms with Crippen LogP contribution in [0.3, 0.4) is 0 Å². The van der Waals surface area contributed by atoms with Crippen LogP contribution in [0, 0.1) is 0 Å². The van der Waals surface area contributed by atoms with Crippen molar-refractivity contribution in [2.75, 3.05) is 0 Å². The van der Waals surface area contributed by atoms with Crippen molar-refractivity contribution in [1.82, 2.24) is 0 Å². The number of allylic oxidation sites excluding steroid dienone is 2. The molecule has 0 saturated heterocycles. The predicted octanol–water partition coefficient (Wildman–Crippen LogP) is 18.7. The monoisotopic (exact) mass is 1230 g/mol. The number of fused-ring (bicyclic) bond motifs is 5. The zero-order valence-electron chi connectivity index (χ0n) is 43.1. The zero-order chi connectivity index (χ0) is 57.2. The van der Waals surface area contributed by atoms with Gasteiger partial charge < -0.3 is 0 Å². The molecule has 11 rings (SSSR count). The SMILES string of the molecule is CC(C)c1ccc2c(c1-c1cc(C(F)(F)F)cc(C(F)(F)F)c1)C=C(c1ccccc1)[CH]2[Zr]([Cl])([Cl])([c]1cccc2c1[SiH2]c1ccccc1-2)[CH]1C(c2ccccc2)=Cc2c1ccc(C(C)C)c2-c1cc(C(F)(F)F)cc(C(F)(F)F)c1. The van der Waals surface area contributed by atoms with Gasteiger partial charge in [0.05, 0.1) is 0 Å². The first-order valence-electron chi connectivity index (χ1n) is 25.8. The average Bonchev–Trinajstić information content (AvgIpc) is 4.18. The molecule has 409 valence electrons. The quantitative estimate of drug-likeness (QED) is 0.0998. The van der Waals surface area contributed by atoms with Gasteiger partial charge in [-0.3, -0.25) is 0 Å². The molecule has 0 aromatic heterocycles. The van der Waals surface area contributed by atoms with Gasteiger partial charge in [0.1, 0.15) is 0 Å². The fourth-order valence-electron chi connectivity index (χ4n) is 12.7. The van der Waals surface area contributed by atoms with Crippen LogP contribution >= 0.6 is 17.0 Å². The van der Waals surface area contributed by atoms with Gasteiger partial charge in [-0.2, -0.15) is 0 Å². The van der Waals surface area contributed by atoms with Gasteiger partial charge in [-0.05, 0) is 0 Å². The third kappa shape index (κ3) is 9.38. The Morgan fingerprint density at radius 3 is 1.18 bits per heavy atom. The molecular formula is C64H47Cl2F12SiZr. The van der Waals surface area contributed by atoms with Crippen LogP contribution in [0.1, 0.15) is 114 Å². The fourth-order valence-corrected chi connectivity index (χ4v) is 39.7. The van der Waals surface area contributed by atoms with E-state index in [-0.39, 0.29) is 34.4 Å². The normalized spacial score (nSPS) is 17.0. The van der Waals surface area contributed by atoms with E-state index in [0.717, 1.165) is 45.8 Å². The number of rotatable bonds is 9. The topological polar surface area (TPSA) is 0 Å². The van der Waals surface area contributed by atoms with E-state index < -0.39 is 92.0 Å². The van der Waals surface area contributed by atoms with E-state index >= 15 is 0 Å². The molecule has 0 fully saturated rings. The van der Waals surface area contributed by atoms with Gasteiger partial charge in [-0.15, -0.1) is 0 Å². The van der Waals surface area contributed by atoms with Crippen LogP contribution in [0.4, 0.5) is 52.7 Å². The summed E-state index contributed by atoms with van der Waals surface area (Å²) < 4.78 is 177. The average molecular weight is 1230 g/mol. The summed E-state index contributed by atoms with van der Waals surface area (Å²) in [6.45, 7) is 7.16. The predicted molar refractivity (Wildman–Crippen MR) is 297 cm³/mol. The molecule has 16 heteroatoms. The van der Waals surface area contributed by atoms with Crippen LogP contribution in [0.25, 0.3) is 56.7 Å². The molecule has 2 aliphatic carbocycles. The summed E-state index contributed by atoms with van der Waals surface area (Å²) in [5, 5.41) is 2.02. The molecule has 80 heavy (non-hydrogen) atoms. The first-order valence-corrected chi connectivity index (χ1v) is 37.6. The molecule has 0 radical (unpaired) electrons. The molecule has 0 saturated carbocycles. The number of benzene rings is 8. The molecular weight excluding hydrogens is 1190 g/mol. The number of halogens is 14. The van der Waals surface area contributed by atoms with E-state index in [1.165, 1.54) is 0 Å². The van der Waals surface area contributed by atoms with Crippen LogP contribution in [-0.2, 0) is 41.1 Å². The van der Waals surface area contributed by atoms with Crippen LogP contribution in [0.5, 0.6) is 0 Å². The van der Waals surface area contributed by atoms with Gasteiger partial charge in [0, 0.05) is 0 Å². The molecule has 0 bridgehead atoms. The molecule has 0 amide bonds. The van der Waals surface area contributed by atoms with Crippen LogP contribution in [-0.4, -0.2) is 9.52 Å². The van der Waals surface area contributed by atoms with Crippen molar-refractivity contribution in [2.24, 2.45) is 0 Å². The van der Waals surface area contributed by atoms with Crippen molar-refractivity contribution in [3.05, 3.63) is 231 Å². The van der Waals surface area contributed by atoms with Crippen molar-refractivity contribution in [3.8, 4) is 33.4 Å². The molecule has 8 aromatic carbocycles. The summed E-state index contributed by atoms with van der Waals surface area (Å²) >= 11 is -6.93. The van der Waals surface area contributed by atoms with Gasteiger partial charge >= 0.3 is 468 Å². The summed E-state index contributed by atoms with van der Waals surface area (Å²) in [5.41, 5.74) is 0.0915. The van der Waals surface area contributed by atoms with Crippen LogP contribution in [0.2, 0.25) is 0 Å². The van der Waals surface area contributed by atoms with E-state index in [2.05, 4.69) is 0 Å². The maximum absolute atomic E-state index is 14.8. The molecule has 2 atom stereocenters. The maximum atomic E-state index is 14.8. The van der Waals surface area contributed by atoms with Crippen molar-refractivity contribution in [1.29, 1.82) is 0 Å². The third-order valence-corrected chi connectivity index (χ3v) is 38.6. The molecule has 8 aromatic rings. The fraction of sp³-hybridized carbons (Fsp3) is 0.188. The van der Waals surface area contributed by atoms with E-state index in [1.807, 2.05) is 78.9 Å². The summed E-state index contributed by atoms with van der Waals surface area (Å²) in [6, 6.07) is 41.9. The van der Waals surface area contributed by atoms with Crippen molar-refractivity contribution in [3.63, 3.8) is 0 Å². The van der Waals surface area contributed by atoms with Gasteiger partial charge in [0.25, 0.3) is 0 Å². The number of hydrogen-bond donors (Lipinski definition) is 0. The molecule has 1 heterocycles. The Morgan fingerprint density at radius 1 is 0.412 bits per heavy atom. The Kier molecular flexibility index (Phi) is 13.7. The number of alkyl halides is 12. The molecule has 2 unspecified atom stereocenters. The van der Waals surface area contributed by atoms with Gasteiger partial charge in [0.2, 0.25) is 0 Å². The molecule has 3 aliphatic rings. The first kappa shape index (κ1) is 56.0. The summed E-state index contributed by atoms with van der Waals surface area (Å²) in [6.07, 6.45) is -17.1. The summed E-state index contributed by atoms with van der Waals surface area (Å²) in [5.74, 6) is -0.890. The second-order valence-corrected chi connectivity index (χ2v) is 44.0. The number of hydrogen-bond acceptors (Lipinski definition) is 0. The third-order valence-electron chi connectivity index (χ3n) is 16.1. The minimum atomic E-state index is -6.93. The zero-order valence-corrected chi connectivity index (χ0v) is 48.4. The van der Waals surface area contributed by atoms with Crippen molar-refractivity contribution < 1.29 is 69.1 Å². The Labute approximate surface area is 464 Å². The van der Waals surface area contributed by atoms with Gasteiger partial charge in [0.15, 0.2) is 0 Å². The van der Waals surface area contributed by atoms with Crippen LogP contribution in [0.15, 0.2) is 164 Å². The van der Waals surface area contributed by atoms with Gasteiger partial charge in [-0.1, -0.05) is 0 Å². The Morgan fingerprint density at radius 2 is 0.787 bits per heavy atom. The molecule has 0 spiro atoms. The standard InChI is InChI=1S/2C26H19F6.C12H9Si.2ClH.Zr/c2*1-15(2)22-9-8-17-10-18(16-6-4-3-5-7-16)13-23(17)24(22)19-11-20(25(27,28)29)14-21(12-19)26(30,31)32;1-3-7-11-9(5-1)10-6-2-4-8-12(10)13-11;;;/h2*3-15H,1-2H3;1-7H,13H2;2*1H;/q;;;;;+2/p-2. The second-order valence-electron chi connectivity index (χ2n) is 21.6. The first-order chi connectivity index (χ1) is 37.5. The minimum absolute atomic E-state index is 0.0961. The van der Waals surface area contributed by atoms with Crippen molar-refractivity contribution in [2.45, 2.75) is 71.5 Å². The van der Waals surface area contributed by atoms with Crippen LogP contribution < -0.4 is 13.6 Å². The van der Waals surface area contributed by atoms with E-state index in [4.69, 9.17) is 0 Å². The Balaban J connectivity index is 1.31. The Bertz CT molecular complexity index is 3610. The Hall–Kier alpha value is -5.92. The second kappa shape index (κ2) is 19.6. The van der Waals surface area contributed by atoms with E-state index in [9.17, 15) is 69.7 Å². The van der Waals surface area contributed by atoms with E-state index in [0.29, 0.717) is 58.9 Å². The molecule has 0 N–H and O–H groups in total. The summed E-state index contributed by atoms with van der Waals surface area (Å²) in [4.78, 5) is 0. The van der Waals surface area contributed by atoms with Gasteiger partial charge in [-0.25, -0.2) is 0 Å². The van der Waals surface area contributed by atoms with Crippen molar-refractivity contribution >= 4 is 63.5 Å². The van der Waals surface area contributed by atoms with E-state index in [1.54, 1.807) is 88.4 Å². The summed E-state index contributed by atoms with van der Waals surface area (Å²) in [7, 11) is 17.3.